The van der Waals surface area contributed by atoms with Crippen molar-refractivity contribution in [1.82, 2.24) is 0 Å². The lowest BCUT2D eigenvalue weighted by Gasteiger charge is -2.44. The van der Waals surface area contributed by atoms with Crippen LogP contribution in [0.3, 0.4) is 0 Å². The van der Waals surface area contributed by atoms with Crippen LogP contribution in [-0.2, 0) is 4.74 Å². The molecule has 0 N–H and O–H groups in total. The Morgan fingerprint density at radius 2 is 2.08 bits per heavy atom. The van der Waals surface area contributed by atoms with E-state index >= 15 is 0 Å². The molecule has 2 bridgehead atoms. The van der Waals surface area contributed by atoms with Crippen LogP contribution >= 0.6 is 11.8 Å². The molecule has 0 saturated carbocycles. The quantitative estimate of drug-likeness (QED) is 0.448. The van der Waals surface area contributed by atoms with Crippen LogP contribution in [0.4, 0.5) is 0 Å². The van der Waals surface area contributed by atoms with Gasteiger partial charge in [-0.25, -0.2) is 0 Å². The number of fused-ring (bicyclic) bond motifs is 2. The molecule has 3 rings (SSSR count). The van der Waals surface area contributed by atoms with Crippen molar-refractivity contribution in [2.24, 2.45) is 10.6 Å². The predicted octanol–water partition coefficient (Wildman–Crippen LogP) is 3.04. The molecule has 2 unspecified atom stereocenters. The van der Waals surface area contributed by atoms with Crippen LogP contribution in [-0.4, -0.2) is 11.7 Å². The molecule has 1 saturated heterocycles. The first-order valence-corrected chi connectivity index (χ1v) is 4.73. The molecule has 1 aliphatic carbocycles. The summed E-state index contributed by atoms with van der Waals surface area (Å²) in [4.78, 5) is 8.32. The number of rotatable bonds is 0. The number of hydrogen-bond donors (Lipinski definition) is 0. The van der Waals surface area contributed by atoms with Crippen molar-refractivity contribution in [1.29, 1.82) is 0 Å². The molecule has 13 heavy (non-hydrogen) atoms. The van der Waals surface area contributed by atoms with Crippen molar-refractivity contribution < 1.29 is 4.74 Å². The van der Waals surface area contributed by atoms with Crippen LogP contribution in [0.5, 0.6) is 0 Å². The van der Waals surface area contributed by atoms with Gasteiger partial charge in [-0.2, -0.15) is 0 Å². The van der Waals surface area contributed by atoms with Gasteiger partial charge in [0.25, 0.3) is 0 Å². The van der Waals surface area contributed by atoms with Crippen molar-refractivity contribution in [3.63, 3.8) is 0 Å². The third-order valence-electron chi connectivity index (χ3n) is 2.67. The summed E-state index contributed by atoms with van der Waals surface area (Å²) in [5, 5.41) is 0. The third-order valence-corrected chi connectivity index (χ3v) is 2.67. The van der Waals surface area contributed by atoms with Gasteiger partial charge >= 0.3 is 0 Å². The Hall–Kier alpha value is -0.410. The Bertz CT molecular complexity index is 216. The second-order valence-electron chi connectivity index (χ2n) is 3.90. The van der Waals surface area contributed by atoms with Gasteiger partial charge < -0.3 is 4.74 Å². The lowest BCUT2D eigenvalue weighted by Crippen LogP contribution is -2.44. The molecule has 0 spiro atoms. The van der Waals surface area contributed by atoms with Gasteiger partial charge in [0.15, 0.2) is 0 Å². The molecule has 2 heterocycles. The second kappa shape index (κ2) is 4.20. The van der Waals surface area contributed by atoms with E-state index in [1.54, 1.807) is 4.70 Å². The lowest BCUT2D eigenvalue weighted by atomic mass is 9.79. The summed E-state index contributed by atoms with van der Waals surface area (Å²) in [6.07, 6.45) is 7.48. The first kappa shape index (κ1) is 10.7. The van der Waals surface area contributed by atoms with E-state index in [9.17, 15) is 0 Å². The Morgan fingerprint density at radius 1 is 1.46 bits per heavy atom. The number of nitroso groups, excluding NO2 is 1. The highest BCUT2D eigenvalue weighted by atomic mass is 35.5. The zero-order chi connectivity index (χ0) is 9.90. The fraction of sp³-hybridized carbons (Fsp3) is 0.778. The molecule has 2 atom stereocenters. The molecule has 0 radical (unpaired) electrons. The van der Waals surface area contributed by atoms with Gasteiger partial charge in [0.05, 0.1) is 23.5 Å². The maximum absolute atomic E-state index is 8.32. The van der Waals surface area contributed by atoms with Crippen molar-refractivity contribution in [3.05, 3.63) is 17.1 Å². The van der Waals surface area contributed by atoms with Crippen LogP contribution in [0.2, 0.25) is 0 Å². The van der Waals surface area contributed by atoms with Crippen LogP contribution < -0.4 is 0 Å². The minimum Gasteiger partial charge on any atom is -0.368 e. The molecule has 0 aromatic carbocycles. The molecule has 74 valence electrons. The molecule has 0 aromatic rings. The SMILES string of the molecule is CC1(C)OC2C=CC1CC2.O=NCl. The fourth-order valence-electron chi connectivity index (χ4n) is 1.95. The Balaban J connectivity index is 0.000000251. The number of hydrogen-bond acceptors (Lipinski definition) is 3. The summed E-state index contributed by atoms with van der Waals surface area (Å²) in [7, 11) is 0. The van der Waals surface area contributed by atoms with Gasteiger partial charge in [-0.1, -0.05) is 12.2 Å². The van der Waals surface area contributed by atoms with E-state index in [2.05, 4.69) is 37.8 Å². The summed E-state index contributed by atoms with van der Waals surface area (Å²) in [6.45, 7) is 4.38. The summed E-state index contributed by atoms with van der Waals surface area (Å²) >= 11 is 4.07. The number of ether oxygens (including phenoxy) is 1. The molecular formula is C9H14ClNO2. The van der Waals surface area contributed by atoms with Crippen LogP contribution in [0.1, 0.15) is 26.7 Å². The molecular weight excluding hydrogens is 190 g/mol. The Labute approximate surface area is 83.2 Å². The van der Waals surface area contributed by atoms with E-state index in [1.807, 2.05) is 0 Å². The maximum atomic E-state index is 8.32. The lowest BCUT2D eigenvalue weighted by molar-refractivity contribution is -0.121. The molecule has 3 nitrogen and oxygen atoms in total. The number of nitrogens with zero attached hydrogens (tertiary/aromatic N) is 1. The van der Waals surface area contributed by atoms with Gasteiger partial charge in [0.2, 0.25) is 0 Å². The van der Waals surface area contributed by atoms with E-state index in [1.165, 1.54) is 12.8 Å². The highest BCUT2D eigenvalue weighted by Crippen LogP contribution is 2.38. The van der Waals surface area contributed by atoms with Gasteiger partial charge in [0.1, 0.15) is 0 Å². The highest BCUT2D eigenvalue weighted by Gasteiger charge is 2.38. The van der Waals surface area contributed by atoms with Crippen molar-refractivity contribution in [3.8, 4) is 0 Å². The third kappa shape index (κ3) is 2.51. The van der Waals surface area contributed by atoms with E-state index < -0.39 is 0 Å². The van der Waals surface area contributed by atoms with E-state index in [4.69, 9.17) is 9.64 Å². The van der Waals surface area contributed by atoms with Crippen molar-refractivity contribution in [2.45, 2.75) is 38.4 Å². The zero-order valence-corrected chi connectivity index (χ0v) is 8.62. The minimum absolute atomic E-state index is 0.109. The molecule has 2 aliphatic heterocycles. The zero-order valence-electron chi connectivity index (χ0n) is 7.87. The summed E-state index contributed by atoms with van der Waals surface area (Å²) in [5.41, 5.74) is 0.109. The van der Waals surface area contributed by atoms with Gasteiger partial charge in [-0.3, -0.25) is 0 Å². The van der Waals surface area contributed by atoms with Crippen molar-refractivity contribution in [2.75, 3.05) is 0 Å². The van der Waals surface area contributed by atoms with Crippen LogP contribution in [0.25, 0.3) is 0 Å². The molecule has 1 fully saturated rings. The van der Waals surface area contributed by atoms with Crippen LogP contribution in [0.15, 0.2) is 16.8 Å². The topological polar surface area (TPSA) is 38.7 Å². The largest absolute Gasteiger partial charge is 0.368 e. The minimum atomic E-state index is 0.109. The Kier molecular flexibility index (Phi) is 3.45. The second-order valence-corrected chi connectivity index (χ2v) is 4.04. The molecule has 0 amide bonds. The number of halogens is 1. The Morgan fingerprint density at radius 3 is 2.23 bits per heavy atom. The van der Waals surface area contributed by atoms with Gasteiger partial charge in [0, 0.05) is 10.6 Å². The van der Waals surface area contributed by atoms with Crippen molar-refractivity contribution >= 4 is 11.8 Å². The first-order chi connectivity index (χ1) is 6.10. The normalized spacial score (nSPS) is 33.5. The smallest absolute Gasteiger partial charge is 0.0835 e. The average molecular weight is 204 g/mol. The summed E-state index contributed by atoms with van der Waals surface area (Å²) < 4.78 is 7.51. The molecule has 3 aliphatic rings. The first-order valence-electron chi connectivity index (χ1n) is 4.40. The standard InChI is InChI=1S/C9H14O.ClNO/c1-9(2)7-3-5-8(10-9)6-4-7;1-2-3/h3,5,7-8H,4,6H2,1-2H3;. The van der Waals surface area contributed by atoms with Gasteiger partial charge in [-0.15, -0.1) is 4.91 Å². The van der Waals surface area contributed by atoms with Gasteiger partial charge in [-0.05, 0) is 26.7 Å². The fourth-order valence-corrected chi connectivity index (χ4v) is 1.95. The van der Waals surface area contributed by atoms with E-state index in [-0.39, 0.29) is 5.60 Å². The molecule has 0 aromatic heterocycles. The molecule has 4 heteroatoms. The van der Waals surface area contributed by atoms with E-state index in [0.29, 0.717) is 12.0 Å². The van der Waals surface area contributed by atoms with Crippen LogP contribution in [0, 0.1) is 10.8 Å². The van der Waals surface area contributed by atoms with E-state index in [0.717, 1.165) is 0 Å². The predicted molar refractivity (Wildman–Crippen MR) is 52.5 cm³/mol. The summed E-state index contributed by atoms with van der Waals surface area (Å²) in [6, 6.07) is 0. The summed E-state index contributed by atoms with van der Waals surface area (Å²) in [5.74, 6) is 0.664. The monoisotopic (exact) mass is 203 g/mol. The maximum Gasteiger partial charge on any atom is 0.0835 e. The average Bonchev–Trinajstić information content (AvgIpc) is 2.05. The highest BCUT2D eigenvalue weighted by molar-refractivity contribution is 6.14.